The summed E-state index contributed by atoms with van der Waals surface area (Å²) < 4.78 is 3.58. The van der Waals surface area contributed by atoms with Crippen LogP contribution in [0.25, 0.3) is 11.4 Å². The van der Waals surface area contributed by atoms with Gasteiger partial charge in [0.15, 0.2) is 23.8 Å². The lowest BCUT2D eigenvalue weighted by Crippen LogP contribution is -2.32. The third-order valence-electron chi connectivity index (χ3n) is 2.82. The highest BCUT2D eigenvalue weighted by Crippen LogP contribution is 2.05. The molecule has 0 bridgehead atoms. The molecule has 19 heavy (non-hydrogen) atoms. The van der Waals surface area contributed by atoms with E-state index in [0.717, 1.165) is 11.4 Å². The van der Waals surface area contributed by atoms with Crippen LogP contribution in [0, 0.1) is 11.3 Å². The largest absolute Gasteiger partial charge is 0.192 e. The molecule has 0 fully saturated rings. The van der Waals surface area contributed by atoms with Gasteiger partial charge in [-0.2, -0.15) is 5.26 Å². The van der Waals surface area contributed by atoms with Gasteiger partial charge in [0.1, 0.15) is 5.21 Å². The molecule has 2 aromatic carbocycles. The summed E-state index contributed by atoms with van der Waals surface area (Å²) in [5, 5.41) is 13.2. The lowest BCUT2D eigenvalue weighted by atomic mass is 10.2. The van der Waals surface area contributed by atoms with E-state index in [-0.39, 0.29) is 0 Å². The quantitative estimate of drug-likeness (QED) is 0.650. The molecule has 0 saturated carbocycles. The van der Waals surface area contributed by atoms with E-state index >= 15 is 0 Å². The maximum atomic E-state index is 8.78. The minimum atomic E-state index is 0.645. The molecular formula is C15H11N4+. The highest BCUT2D eigenvalue weighted by molar-refractivity contribution is 5.34. The summed E-state index contributed by atoms with van der Waals surface area (Å²) >= 11 is 0. The van der Waals surface area contributed by atoms with Crippen LogP contribution in [0.15, 0.2) is 67.0 Å². The summed E-state index contributed by atoms with van der Waals surface area (Å²) in [5.41, 5.74) is 2.58. The average Bonchev–Trinajstić information content (AvgIpc) is 2.98. The molecule has 4 heteroatoms. The number of nitrogens with zero attached hydrogens (tertiary/aromatic N) is 4. The molecule has 0 atom stereocenters. The van der Waals surface area contributed by atoms with Crippen LogP contribution in [0.2, 0.25) is 0 Å². The fourth-order valence-corrected chi connectivity index (χ4v) is 1.83. The molecule has 0 aliphatic rings. The van der Waals surface area contributed by atoms with Crippen molar-refractivity contribution in [2.75, 3.05) is 0 Å². The predicted molar refractivity (Wildman–Crippen MR) is 69.8 cm³/mol. The third kappa shape index (κ3) is 2.22. The first-order valence-electron chi connectivity index (χ1n) is 5.90. The van der Waals surface area contributed by atoms with Gasteiger partial charge in [0.2, 0.25) is 0 Å². The van der Waals surface area contributed by atoms with Crippen LogP contribution in [-0.4, -0.2) is 9.90 Å². The first kappa shape index (κ1) is 11.2. The molecule has 1 aromatic heterocycles. The van der Waals surface area contributed by atoms with Crippen LogP contribution in [0.5, 0.6) is 0 Å². The first-order chi connectivity index (χ1) is 9.36. The van der Waals surface area contributed by atoms with Gasteiger partial charge in [0.05, 0.1) is 11.6 Å². The predicted octanol–water partition coefficient (Wildman–Crippen LogP) is 2.02. The summed E-state index contributed by atoms with van der Waals surface area (Å²) in [6.45, 7) is 0. The van der Waals surface area contributed by atoms with Gasteiger partial charge < -0.3 is 0 Å². The Hall–Kier alpha value is -2.93. The van der Waals surface area contributed by atoms with Gasteiger partial charge in [-0.3, -0.25) is 0 Å². The van der Waals surface area contributed by atoms with Crippen molar-refractivity contribution in [2.24, 2.45) is 0 Å². The average molecular weight is 247 g/mol. The molecule has 3 aromatic rings. The molecule has 3 rings (SSSR count). The van der Waals surface area contributed by atoms with Crippen molar-refractivity contribution in [3.05, 3.63) is 72.6 Å². The van der Waals surface area contributed by atoms with Crippen LogP contribution < -0.4 is 4.68 Å². The van der Waals surface area contributed by atoms with E-state index in [9.17, 15) is 0 Å². The van der Waals surface area contributed by atoms with Gasteiger partial charge in [-0.25, -0.2) is 0 Å². The van der Waals surface area contributed by atoms with Gasteiger partial charge >= 0.3 is 0 Å². The second-order valence-corrected chi connectivity index (χ2v) is 4.07. The zero-order valence-corrected chi connectivity index (χ0v) is 10.1. The zero-order chi connectivity index (χ0) is 13.1. The van der Waals surface area contributed by atoms with Crippen molar-refractivity contribution >= 4 is 0 Å². The Morgan fingerprint density at radius 2 is 1.74 bits per heavy atom. The summed E-state index contributed by atoms with van der Waals surface area (Å²) in [6, 6.07) is 19.3. The molecule has 0 radical (unpaired) electrons. The van der Waals surface area contributed by atoms with Crippen molar-refractivity contribution in [3.8, 4) is 17.4 Å². The summed E-state index contributed by atoms with van der Waals surface area (Å²) in [4.78, 5) is 0. The van der Waals surface area contributed by atoms with E-state index in [1.54, 1.807) is 21.5 Å². The van der Waals surface area contributed by atoms with Crippen LogP contribution >= 0.6 is 0 Å². The Kier molecular flexibility index (Phi) is 2.79. The molecule has 0 unspecified atom stereocenters. The number of nitriles is 1. The molecule has 1 heterocycles. The maximum absolute atomic E-state index is 8.78. The van der Waals surface area contributed by atoms with E-state index in [2.05, 4.69) is 11.3 Å². The summed E-state index contributed by atoms with van der Waals surface area (Å²) in [6.07, 6.45) is 3.78. The summed E-state index contributed by atoms with van der Waals surface area (Å²) in [7, 11) is 0. The molecule has 90 valence electrons. The Balaban J connectivity index is 1.95. The van der Waals surface area contributed by atoms with Gasteiger partial charge in [0.25, 0.3) is 0 Å². The van der Waals surface area contributed by atoms with Crippen molar-refractivity contribution in [1.82, 2.24) is 9.90 Å². The zero-order valence-electron chi connectivity index (χ0n) is 10.1. The van der Waals surface area contributed by atoms with E-state index < -0.39 is 0 Å². The van der Waals surface area contributed by atoms with Gasteiger partial charge in [0, 0.05) is 0 Å². The molecule has 0 amide bonds. The maximum Gasteiger partial charge on any atom is 0.162 e. The number of hydrogen-bond donors (Lipinski definition) is 0. The van der Waals surface area contributed by atoms with Crippen molar-refractivity contribution in [1.29, 1.82) is 5.26 Å². The van der Waals surface area contributed by atoms with Crippen molar-refractivity contribution in [3.63, 3.8) is 0 Å². The molecule has 0 N–H and O–H groups in total. The van der Waals surface area contributed by atoms with Crippen molar-refractivity contribution < 1.29 is 4.68 Å². The van der Waals surface area contributed by atoms with E-state index in [4.69, 9.17) is 5.26 Å². The molecule has 4 nitrogen and oxygen atoms in total. The molecule has 0 saturated heterocycles. The van der Waals surface area contributed by atoms with E-state index in [1.807, 2.05) is 54.9 Å². The molecule has 0 aliphatic carbocycles. The Labute approximate surface area is 110 Å². The Bertz CT molecular complexity index is 721. The van der Waals surface area contributed by atoms with Crippen LogP contribution in [0.1, 0.15) is 5.56 Å². The fraction of sp³-hybridized carbons (Fsp3) is 0. The van der Waals surface area contributed by atoms with E-state index in [1.165, 1.54) is 0 Å². The highest BCUT2D eigenvalue weighted by atomic mass is 15.5. The first-order valence-corrected chi connectivity index (χ1v) is 5.90. The third-order valence-corrected chi connectivity index (χ3v) is 2.82. The standard InChI is InChI=1S/C15H11N4/c16-12-13-6-8-15(9-7-13)19-11-10-18(17-19)14-4-2-1-3-5-14/h1-11H/q+1. The molecule has 0 aliphatic heterocycles. The minimum absolute atomic E-state index is 0.645. The Morgan fingerprint density at radius 3 is 2.42 bits per heavy atom. The van der Waals surface area contributed by atoms with Crippen LogP contribution in [0.4, 0.5) is 0 Å². The van der Waals surface area contributed by atoms with Gasteiger partial charge in [-0.15, -0.1) is 9.36 Å². The summed E-state index contributed by atoms with van der Waals surface area (Å²) in [5.74, 6) is 0. The van der Waals surface area contributed by atoms with Crippen molar-refractivity contribution in [2.45, 2.75) is 0 Å². The number of rotatable bonds is 2. The normalized spacial score (nSPS) is 10.1. The van der Waals surface area contributed by atoms with Gasteiger partial charge in [-0.1, -0.05) is 18.2 Å². The smallest absolute Gasteiger partial charge is 0.162 e. The molecular weight excluding hydrogens is 236 g/mol. The topological polar surface area (TPSA) is 45.5 Å². The minimum Gasteiger partial charge on any atom is -0.192 e. The number of benzene rings is 2. The monoisotopic (exact) mass is 247 g/mol. The highest BCUT2D eigenvalue weighted by Gasteiger charge is 2.10. The SMILES string of the molecule is N#Cc1ccc(-[n+]2ccn(-c3ccccc3)n2)cc1. The van der Waals surface area contributed by atoms with E-state index in [0.29, 0.717) is 5.56 Å². The fourth-order valence-electron chi connectivity index (χ4n) is 1.83. The number of aromatic nitrogens is 3. The van der Waals surface area contributed by atoms with Gasteiger partial charge in [-0.05, 0) is 36.4 Å². The lowest BCUT2D eigenvalue weighted by Gasteiger charge is -1.93. The van der Waals surface area contributed by atoms with Crippen LogP contribution in [-0.2, 0) is 0 Å². The molecule has 0 spiro atoms. The second-order valence-electron chi connectivity index (χ2n) is 4.07. The number of para-hydroxylation sites is 1. The lowest BCUT2D eigenvalue weighted by molar-refractivity contribution is -0.660. The second kappa shape index (κ2) is 4.75. The Morgan fingerprint density at radius 1 is 1.00 bits per heavy atom. The van der Waals surface area contributed by atoms with Crippen LogP contribution in [0.3, 0.4) is 0 Å². The number of hydrogen-bond acceptors (Lipinski definition) is 2.